The molecule has 0 aliphatic rings. The lowest BCUT2D eigenvalue weighted by Gasteiger charge is -2.32. The van der Waals surface area contributed by atoms with Crippen LogP contribution in [0.25, 0.3) is 0 Å². The number of amides is 2. The Morgan fingerprint density at radius 1 is 0.882 bits per heavy atom. The van der Waals surface area contributed by atoms with Crippen molar-refractivity contribution in [1.29, 1.82) is 0 Å². The lowest BCUT2D eigenvalue weighted by molar-refractivity contribution is -0.143. The summed E-state index contributed by atoms with van der Waals surface area (Å²) in [6, 6.07) is 20.0. The minimum absolute atomic E-state index is 0.0760. The Morgan fingerprint density at radius 2 is 1.50 bits per heavy atom. The monoisotopic (exact) mass is 466 g/mol. The lowest BCUT2D eigenvalue weighted by Crippen LogP contribution is -2.53. The number of hydrogen-bond acceptors (Lipinski definition) is 3. The van der Waals surface area contributed by atoms with Gasteiger partial charge in [0.15, 0.2) is 18.2 Å². The first-order valence-corrected chi connectivity index (χ1v) is 11.1. The van der Waals surface area contributed by atoms with E-state index < -0.39 is 30.2 Å². The van der Waals surface area contributed by atoms with Crippen molar-refractivity contribution < 1.29 is 23.1 Å². The molecule has 0 heterocycles. The second kappa shape index (κ2) is 11.9. The van der Waals surface area contributed by atoms with E-state index in [9.17, 15) is 18.4 Å². The lowest BCUT2D eigenvalue weighted by atomic mass is 10.0. The maximum absolute atomic E-state index is 14.5. The summed E-state index contributed by atoms with van der Waals surface area (Å²) in [6.45, 7) is 2.99. The van der Waals surface area contributed by atoms with Gasteiger partial charge in [-0.05, 0) is 37.6 Å². The van der Waals surface area contributed by atoms with Gasteiger partial charge >= 0.3 is 0 Å². The molecule has 0 aliphatic heterocycles. The van der Waals surface area contributed by atoms with Gasteiger partial charge in [-0.1, -0.05) is 60.7 Å². The molecule has 0 saturated heterocycles. The predicted octanol–water partition coefficient (Wildman–Crippen LogP) is 4.51. The summed E-state index contributed by atoms with van der Waals surface area (Å²) in [4.78, 5) is 27.8. The quantitative estimate of drug-likeness (QED) is 0.478. The first kappa shape index (κ1) is 24.9. The summed E-state index contributed by atoms with van der Waals surface area (Å²) >= 11 is 0. The number of carbonyl (C=O) groups is 2. The SMILES string of the molecule is CC(C)NC(=O)C(Cc1ccccc1)N(Cc1ccccc1F)C(=O)COc1ccccc1F. The van der Waals surface area contributed by atoms with E-state index in [1.807, 2.05) is 44.2 Å². The van der Waals surface area contributed by atoms with Crippen molar-refractivity contribution in [3.63, 3.8) is 0 Å². The van der Waals surface area contributed by atoms with Gasteiger partial charge < -0.3 is 15.0 Å². The zero-order chi connectivity index (χ0) is 24.5. The largest absolute Gasteiger partial charge is 0.481 e. The van der Waals surface area contributed by atoms with E-state index in [1.165, 1.54) is 29.2 Å². The van der Waals surface area contributed by atoms with Gasteiger partial charge in [0, 0.05) is 24.6 Å². The van der Waals surface area contributed by atoms with Crippen molar-refractivity contribution in [3.8, 4) is 5.75 Å². The van der Waals surface area contributed by atoms with Gasteiger partial charge in [0.1, 0.15) is 11.9 Å². The Kier molecular flexibility index (Phi) is 8.73. The molecule has 3 aromatic carbocycles. The van der Waals surface area contributed by atoms with E-state index in [0.29, 0.717) is 0 Å². The van der Waals surface area contributed by atoms with Gasteiger partial charge in [-0.25, -0.2) is 8.78 Å². The van der Waals surface area contributed by atoms with Crippen LogP contribution in [0.4, 0.5) is 8.78 Å². The number of para-hydroxylation sites is 1. The number of ether oxygens (including phenoxy) is 1. The second-order valence-electron chi connectivity index (χ2n) is 8.20. The highest BCUT2D eigenvalue weighted by molar-refractivity contribution is 5.88. The third-order valence-corrected chi connectivity index (χ3v) is 5.19. The van der Waals surface area contributed by atoms with Crippen LogP contribution in [0.15, 0.2) is 78.9 Å². The Hall–Kier alpha value is -3.74. The average Bonchev–Trinajstić information content (AvgIpc) is 2.82. The van der Waals surface area contributed by atoms with Crippen LogP contribution in [0.3, 0.4) is 0 Å². The Labute approximate surface area is 198 Å². The molecule has 2 amide bonds. The smallest absolute Gasteiger partial charge is 0.261 e. The number of nitrogens with one attached hydrogen (secondary N) is 1. The first-order valence-electron chi connectivity index (χ1n) is 11.1. The number of benzene rings is 3. The summed E-state index contributed by atoms with van der Waals surface area (Å²) < 4.78 is 33.9. The molecule has 34 heavy (non-hydrogen) atoms. The highest BCUT2D eigenvalue weighted by atomic mass is 19.1. The van der Waals surface area contributed by atoms with E-state index in [1.54, 1.807) is 24.3 Å². The third-order valence-electron chi connectivity index (χ3n) is 5.19. The minimum Gasteiger partial charge on any atom is -0.481 e. The second-order valence-corrected chi connectivity index (χ2v) is 8.20. The maximum Gasteiger partial charge on any atom is 0.261 e. The molecule has 1 N–H and O–H groups in total. The van der Waals surface area contributed by atoms with Crippen LogP contribution in [0.2, 0.25) is 0 Å². The number of rotatable bonds is 10. The van der Waals surface area contributed by atoms with Crippen LogP contribution in [0, 0.1) is 11.6 Å². The fourth-order valence-corrected chi connectivity index (χ4v) is 3.53. The summed E-state index contributed by atoms with van der Waals surface area (Å²) in [7, 11) is 0. The number of hydrogen-bond donors (Lipinski definition) is 1. The molecule has 0 spiro atoms. The van der Waals surface area contributed by atoms with E-state index in [4.69, 9.17) is 4.74 Å². The zero-order valence-electron chi connectivity index (χ0n) is 19.2. The standard InChI is InChI=1S/C27H28F2N2O3/c1-19(2)30-27(33)24(16-20-10-4-3-5-11-20)31(17-21-12-6-7-13-22(21)28)26(32)18-34-25-15-9-8-14-23(25)29/h3-15,19,24H,16-18H2,1-2H3,(H,30,33). The molecule has 0 aliphatic carbocycles. The van der Waals surface area contributed by atoms with Crippen LogP contribution >= 0.6 is 0 Å². The minimum atomic E-state index is -0.930. The van der Waals surface area contributed by atoms with Gasteiger partial charge in [-0.3, -0.25) is 9.59 Å². The molecule has 0 fully saturated rings. The Bertz CT molecular complexity index is 1110. The van der Waals surface area contributed by atoms with Crippen molar-refractivity contribution >= 4 is 11.8 Å². The van der Waals surface area contributed by atoms with Crippen molar-refractivity contribution in [2.24, 2.45) is 0 Å². The molecule has 3 aromatic rings. The van der Waals surface area contributed by atoms with E-state index >= 15 is 0 Å². The van der Waals surface area contributed by atoms with E-state index in [0.717, 1.165) is 5.56 Å². The molecule has 0 radical (unpaired) electrons. The summed E-state index contributed by atoms with van der Waals surface area (Å²) in [5, 5.41) is 2.85. The molecule has 0 aromatic heterocycles. The van der Waals surface area contributed by atoms with Gasteiger partial charge in [-0.15, -0.1) is 0 Å². The zero-order valence-corrected chi connectivity index (χ0v) is 19.2. The molecule has 1 atom stereocenters. The highest BCUT2D eigenvalue weighted by Crippen LogP contribution is 2.19. The third kappa shape index (κ3) is 6.88. The van der Waals surface area contributed by atoms with Crippen LogP contribution in [-0.4, -0.2) is 35.4 Å². The fourth-order valence-electron chi connectivity index (χ4n) is 3.53. The number of halogens is 2. The molecule has 0 bridgehead atoms. The maximum atomic E-state index is 14.5. The predicted molar refractivity (Wildman–Crippen MR) is 126 cm³/mol. The molecular formula is C27H28F2N2O3. The molecular weight excluding hydrogens is 438 g/mol. The average molecular weight is 467 g/mol. The summed E-state index contributed by atoms with van der Waals surface area (Å²) in [5.41, 5.74) is 1.10. The Balaban J connectivity index is 1.93. The van der Waals surface area contributed by atoms with Crippen LogP contribution in [-0.2, 0) is 22.6 Å². The van der Waals surface area contributed by atoms with Gasteiger partial charge in [-0.2, -0.15) is 0 Å². The summed E-state index contributed by atoms with van der Waals surface area (Å²) in [6.07, 6.45) is 0.222. The van der Waals surface area contributed by atoms with Crippen molar-refractivity contribution in [2.75, 3.05) is 6.61 Å². The van der Waals surface area contributed by atoms with Crippen molar-refractivity contribution in [3.05, 3.63) is 102 Å². The van der Waals surface area contributed by atoms with Gasteiger partial charge in [0.25, 0.3) is 5.91 Å². The van der Waals surface area contributed by atoms with Gasteiger partial charge in [0.05, 0.1) is 0 Å². The van der Waals surface area contributed by atoms with Gasteiger partial charge in [0.2, 0.25) is 5.91 Å². The number of carbonyl (C=O) groups excluding carboxylic acids is 2. The molecule has 178 valence electrons. The van der Waals surface area contributed by atoms with E-state index in [2.05, 4.69) is 5.32 Å². The number of nitrogens with zero attached hydrogens (tertiary/aromatic N) is 1. The topological polar surface area (TPSA) is 58.6 Å². The van der Waals surface area contributed by atoms with E-state index in [-0.39, 0.29) is 36.2 Å². The molecule has 5 nitrogen and oxygen atoms in total. The Morgan fingerprint density at radius 3 is 2.15 bits per heavy atom. The van der Waals surface area contributed by atoms with Crippen molar-refractivity contribution in [1.82, 2.24) is 10.2 Å². The fraction of sp³-hybridized carbons (Fsp3) is 0.259. The van der Waals surface area contributed by atoms with Crippen molar-refractivity contribution in [2.45, 2.75) is 38.9 Å². The first-order chi connectivity index (χ1) is 16.3. The molecule has 1 unspecified atom stereocenters. The van der Waals surface area contributed by atoms with Crippen LogP contribution < -0.4 is 10.1 Å². The van der Waals surface area contributed by atoms with Crippen LogP contribution in [0.1, 0.15) is 25.0 Å². The molecule has 7 heteroatoms. The van der Waals surface area contributed by atoms with Crippen LogP contribution in [0.5, 0.6) is 5.75 Å². The highest BCUT2D eigenvalue weighted by Gasteiger charge is 2.31. The normalized spacial score (nSPS) is 11.7. The summed E-state index contributed by atoms with van der Waals surface area (Å²) in [5.74, 6) is -2.10. The molecule has 3 rings (SSSR count). The molecule has 0 saturated carbocycles.